The second kappa shape index (κ2) is 12.8. The van der Waals surface area contributed by atoms with E-state index in [2.05, 4.69) is 5.32 Å². The summed E-state index contributed by atoms with van der Waals surface area (Å²) in [5.41, 5.74) is 1.86. The lowest BCUT2D eigenvalue weighted by Crippen LogP contribution is -2.47. The maximum absolute atomic E-state index is 13.3. The summed E-state index contributed by atoms with van der Waals surface area (Å²) in [6, 6.07) is 9.22. The highest BCUT2D eigenvalue weighted by atomic mass is 35.5. The zero-order valence-electron chi connectivity index (χ0n) is 20.1. The molecule has 7 nitrogen and oxygen atoms in total. The third-order valence-electron chi connectivity index (χ3n) is 5.47. The third-order valence-corrected chi connectivity index (χ3v) is 7.47. The van der Waals surface area contributed by atoms with Crippen LogP contribution in [0.1, 0.15) is 37.8 Å². The highest BCUT2D eigenvalue weighted by Crippen LogP contribution is 2.27. The van der Waals surface area contributed by atoms with E-state index in [0.717, 1.165) is 11.8 Å². The average Bonchev–Trinajstić information content (AvgIpc) is 2.77. The minimum atomic E-state index is -3.62. The summed E-state index contributed by atoms with van der Waals surface area (Å²) < 4.78 is 26.2. The molecule has 0 aliphatic carbocycles. The molecular formula is C24H30Cl3N3O4S. The van der Waals surface area contributed by atoms with Crippen LogP contribution < -0.4 is 9.62 Å². The standard InChI is InChI=1S/C24H30Cl3N3O4S/c1-5-28-24(32)17(3)29(15-18-9-11-19(25)13-21(18)27)23(31)7-6-12-30(35(4,33)34)22-14-20(26)10-8-16(22)2/h8-11,13-14,17H,5-7,12,15H2,1-4H3,(H,28,32)/t17-/m1/s1. The Morgan fingerprint density at radius 3 is 2.29 bits per heavy atom. The Kier molecular flexibility index (Phi) is 10.7. The summed E-state index contributed by atoms with van der Waals surface area (Å²) in [4.78, 5) is 27.2. The first-order valence-corrected chi connectivity index (χ1v) is 14.1. The molecule has 11 heteroatoms. The molecule has 0 saturated carbocycles. The highest BCUT2D eigenvalue weighted by Gasteiger charge is 2.27. The summed E-state index contributed by atoms with van der Waals surface area (Å²) in [6.07, 6.45) is 1.38. The molecule has 0 unspecified atom stereocenters. The van der Waals surface area contributed by atoms with Crippen molar-refractivity contribution in [3.05, 3.63) is 62.6 Å². The second-order valence-electron chi connectivity index (χ2n) is 8.20. The van der Waals surface area contributed by atoms with Gasteiger partial charge in [-0.1, -0.05) is 46.9 Å². The molecule has 2 amide bonds. The van der Waals surface area contributed by atoms with Gasteiger partial charge in [-0.05, 0) is 62.6 Å². The third kappa shape index (κ3) is 8.27. The monoisotopic (exact) mass is 561 g/mol. The Bertz CT molecular complexity index is 1170. The minimum absolute atomic E-state index is 0.0284. The van der Waals surface area contributed by atoms with E-state index in [1.165, 1.54) is 9.21 Å². The number of carbonyl (C=O) groups is 2. The number of carbonyl (C=O) groups excluding carboxylic acids is 2. The maximum atomic E-state index is 13.3. The SMILES string of the molecule is CCNC(=O)[C@@H](C)N(Cc1ccc(Cl)cc1Cl)C(=O)CCCN(c1cc(Cl)ccc1C)S(C)(=O)=O. The average molecular weight is 563 g/mol. The number of halogens is 3. The Balaban J connectivity index is 2.22. The number of amides is 2. The van der Waals surface area contributed by atoms with Gasteiger partial charge in [0.15, 0.2) is 0 Å². The van der Waals surface area contributed by atoms with E-state index in [1.807, 2.05) is 0 Å². The molecule has 0 aromatic heterocycles. The van der Waals surface area contributed by atoms with Crippen LogP contribution in [0.5, 0.6) is 0 Å². The fourth-order valence-corrected chi connectivity index (χ4v) is 5.22. The molecule has 0 aliphatic heterocycles. The van der Waals surface area contributed by atoms with Gasteiger partial charge in [-0.3, -0.25) is 13.9 Å². The van der Waals surface area contributed by atoms with Gasteiger partial charge in [-0.15, -0.1) is 0 Å². The van der Waals surface area contributed by atoms with E-state index in [4.69, 9.17) is 34.8 Å². The Morgan fingerprint density at radius 1 is 1.06 bits per heavy atom. The molecule has 1 atom stereocenters. The van der Waals surface area contributed by atoms with Crippen LogP contribution in [0, 0.1) is 6.92 Å². The molecule has 192 valence electrons. The quantitative estimate of drug-likeness (QED) is 0.415. The smallest absolute Gasteiger partial charge is 0.242 e. The van der Waals surface area contributed by atoms with E-state index in [1.54, 1.807) is 57.2 Å². The first-order valence-electron chi connectivity index (χ1n) is 11.1. The number of hydrogen-bond acceptors (Lipinski definition) is 4. The number of sulfonamides is 1. The zero-order chi connectivity index (χ0) is 26.3. The van der Waals surface area contributed by atoms with Crippen molar-refractivity contribution in [2.75, 3.05) is 23.7 Å². The van der Waals surface area contributed by atoms with Crippen LogP contribution in [-0.2, 0) is 26.2 Å². The van der Waals surface area contributed by atoms with Gasteiger partial charge in [0, 0.05) is 41.1 Å². The van der Waals surface area contributed by atoms with Crippen LogP contribution in [0.3, 0.4) is 0 Å². The number of likely N-dealkylation sites (N-methyl/N-ethyl adjacent to an activating group) is 1. The van der Waals surface area contributed by atoms with Crippen LogP contribution in [0.25, 0.3) is 0 Å². The van der Waals surface area contributed by atoms with Crippen molar-refractivity contribution >= 4 is 62.3 Å². The number of nitrogens with zero attached hydrogens (tertiary/aromatic N) is 2. The Labute approximate surface area is 222 Å². The van der Waals surface area contributed by atoms with Gasteiger partial charge in [0.2, 0.25) is 21.8 Å². The van der Waals surface area contributed by atoms with Crippen molar-refractivity contribution in [3.8, 4) is 0 Å². The van der Waals surface area contributed by atoms with Gasteiger partial charge >= 0.3 is 0 Å². The van der Waals surface area contributed by atoms with Gasteiger partial charge < -0.3 is 10.2 Å². The normalized spacial score (nSPS) is 12.2. The fourth-order valence-electron chi connectivity index (χ4n) is 3.57. The van der Waals surface area contributed by atoms with Crippen LogP contribution in [0.4, 0.5) is 5.69 Å². The lowest BCUT2D eigenvalue weighted by molar-refractivity contribution is -0.140. The maximum Gasteiger partial charge on any atom is 0.242 e. The van der Waals surface area contributed by atoms with Crippen LogP contribution >= 0.6 is 34.8 Å². The molecule has 0 radical (unpaired) electrons. The molecule has 2 rings (SSSR count). The summed E-state index contributed by atoms with van der Waals surface area (Å²) >= 11 is 18.4. The van der Waals surface area contributed by atoms with Gasteiger partial charge in [0.1, 0.15) is 6.04 Å². The number of anilines is 1. The van der Waals surface area contributed by atoms with Gasteiger partial charge in [-0.2, -0.15) is 0 Å². The van der Waals surface area contributed by atoms with Gasteiger partial charge in [-0.25, -0.2) is 8.42 Å². The Morgan fingerprint density at radius 2 is 1.69 bits per heavy atom. The van der Waals surface area contributed by atoms with Crippen LogP contribution in [0.15, 0.2) is 36.4 Å². The topological polar surface area (TPSA) is 86.8 Å². The molecule has 0 bridgehead atoms. The van der Waals surface area contributed by atoms with Crippen molar-refractivity contribution in [1.82, 2.24) is 10.2 Å². The van der Waals surface area contributed by atoms with Crippen LogP contribution in [0.2, 0.25) is 15.1 Å². The lowest BCUT2D eigenvalue weighted by Gasteiger charge is -2.30. The Hall–Kier alpha value is -2.00. The summed E-state index contributed by atoms with van der Waals surface area (Å²) in [5, 5.41) is 4.00. The summed E-state index contributed by atoms with van der Waals surface area (Å²) in [6.45, 7) is 5.85. The number of aryl methyl sites for hydroxylation is 1. The van der Waals surface area contributed by atoms with Crippen molar-refractivity contribution in [2.24, 2.45) is 0 Å². The molecular weight excluding hydrogens is 533 g/mol. The molecule has 35 heavy (non-hydrogen) atoms. The van der Waals surface area contributed by atoms with E-state index >= 15 is 0 Å². The summed E-state index contributed by atoms with van der Waals surface area (Å²) in [7, 11) is -3.62. The predicted octanol–water partition coefficient (Wildman–Crippen LogP) is 5.05. The van der Waals surface area contributed by atoms with Gasteiger partial charge in [0.25, 0.3) is 0 Å². The number of nitrogens with one attached hydrogen (secondary N) is 1. The van der Waals surface area contributed by atoms with Crippen molar-refractivity contribution in [1.29, 1.82) is 0 Å². The van der Waals surface area contributed by atoms with Crippen molar-refractivity contribution in [2.45, 2.75) is 46.2 Å². The lowest BCUT2D eigenvalue weighted by atomic mass is 10.1. The molecule has 0 spiro atoms. The highest BCUT2D eigenvalue weighted by molar-refractivity contribution is 7.92. The number of benzene rings is 2. The molecule has 2 aromatic rings. The fraction of sp³-hybridized carbons (Fsp3) is 0.417. The van der Waals surface area contributed by atoms with Crippen molar-refractivity contribution in [3.63, 3.8) is 0 Å². The molecule has 0 fully saturated rings. The van der Waals surface area contributed by atoms with Gasteiger partial charge in [0.05, 0.1) is 11.9 Å². The number of rotatable bonds is 11. The van der Waals surface area contributed by atoms with Crippen molar-refractivity contribution < 1.29 is 18.0 Å². The predicted molar refractivity (Wildman–Crippen MR) is 143 cm³/mol. The molecule has 0 aliphatic rings. The van der Waals surface area contributed by atoms with E-state index in [-0.39, 0.29) is 37.7 Å². The van der Waals surface area contributed by atoms with E-state index in [0.29, 0.717) is 32.9 Å². The van der Waals surface area contributed by atoms with E-state index < -0.39 is 16.1 Å². The van der Waals surface area contributed by atoms with Crippen LogP contribution in [-0.4, -0.2) is 50.5 Å². The molecule has 0 heterocycles. The molecule has 0 saturated heterocycles. The van der Waals surface area contributed by atoms with E-state index in [9.17, 15) is 18.0 Å². The molecule has 2 aromatic carbocycles. The first-order chi connectivity index (χ1) is 16.3. The minimum Gasteiger partial charge on any atom is -0.355 e. The summed E-state index contributed by atoms with van der Waals surface area (Å²) in [5.74, 6) is -0.593. The largest absolute Gasteiger partial charge is 0.355 e. The second-order valence-corrected chi connectivity index (χ2v) is 11.4. The molecule has 1 N–H and O–H groups in total. The zero-order valence-corrected chi connectivity index (χ0v) is 23.2. The first kappa shape index (κ1) is 29.2. The number of hydrogen-bond donors (Lipinski definition) is 1.